The van der Waals surface area contributed by atoms with Crippen molar-refractivity contribution >= 4 is 0 Å². The minimum Gasteiger partial charge on any atom is -0.494 e. The zero-order valence-corrected chi connectivity index (χ0v) is 18.8. The fourth-order valence-electron chi connectivity index (χ4n) is 4.75. The molecule has 0 radical (unpaired) electrons. The minimum atomic E-state index is -0.108. The van der Waals surface area contributed by atoms with E-state index in [2.05, 4.69) is 68.4 Å². The van der Waals surface area contributed by atoms with Crippen molar-refractivity contribution in [1.82, 2.24) is 0 Å². The molecule has 0 aromatic heterocycles. The molecule has 2 aromatic rings. The quantitative estimate of drug-likeness (QED) is 0.377. The van der Waals surface area contributed by atoms with Gasteiger partial charge in [0.1, 0.15) is 5.75 Å². The van der Waals surface area contributed by atoms with Crippen LogP contribution in [0.5, 0.6) is 5.75 Å². The Morgan fingerprint density at radius 1 is 1.00 bits per heavy atom. The van der Waals surface area contributed by atoms with Gasteiger partial charge in [-0.2, -0.15) is 5.26 Å². The lowest BCUT2D eigenvalue weighted by molar-refractivity contribution is 0.197. The second-order valence-corrected chi connectivity index (χ2v) is 9.22. The van der Waals surface area contributed by atoms with Gasteiger partial charge in [0.2, 0.25) is 0 Å². The molecular formula is C28H37NO. The molecule has 3 rings (SSSR count). The van der Waals surface area contributed by atoms with Gasteiger partial charge in [-0.1, -0.05) is 82.3 Å². The molecule has 2 aromatic carbocycles. The lowest BCUT2D eigenvalue weighted by Gasteiger charge is -2.34. The van der Waals surface area contributed by atoms with Gasteiger partial charge in [-0.15, -0.1) is 0 Å². The summed E-state index contributed by atoms with van der Waals surface area (Å²) in [5.74, 6) is 1.64. The predicted octanol–water partition coefficient (Wildman–Crippen LogP) is 7.97. The SMILES string of the molecule is CCCCCCOc1ccc(-c2ccc(CCC3(C#N)CCCC(C)C3)cc2)cc1. The average Bonchev–Trinajstić information content (AvgIpc) is 2.78. The summed E-state index contributed by atoms with van der Waals surface area (Å²) < 4.78 is 5.85. The number of nitrogens with zero attached hydrogens (tertiary/aromatic N) is 1. The van der Waals surface area contributed by atoms with Gasteiger partial charge >= 0.3 is 0 Å². The second kappa shape index (κ2) is 11.2. The standard InChI is InChI=1S/C28H37NO/c1-3-4-5-6-20-30-27-15-13-26(14-16-27)25-11-9-24(10-12-25)17-19-28(22-29)18-7-8-23(2)21-28/h9-16,23H,3-8,17-21H2,1-2H3. The third-order valence-electron chi connectivity index (χ3n) is 6.63. The third kappa shape index (κ3) is 6.36. The van der Waals surface area contributed by atoms with Gasteiger partial charge in [0.25, 0.3) is 0 Å². The highest BCUT2D eigenvalue weighted by atomic mass is 16.5. The highest BCUT2D eigenvalue weighted by Crippen LogP contribution is 2.42. The molecule has 1 aliphatic rings. The smallest absolute Gasteiger partial charge is 0.119 e. The topological polar surface area (TPSA) is 33.0 Å². The molecule has 2 unspecified atom stereocenters. The number of unbranched alkanes of at least 4 members (excludes halogenated alkanes) is 3. The molecular weight excluding hydrogens is 366 g/mol. The molecule has 30 heavy (non-hydrogen) atoms. The fourth-order valence-corrected chi connectivity index (χ4v) is 4.75. The predicted molar refractivity (Wildman–Crippen MR) is 126 cm³/mol. The number of hydrogen-bond acceptors (Lipinski definition) is 2. The number of benzene rings is 2. The first-order chi connectivity index (χ1) is 14.6. The van der Waals surface area contributed by atoms with Gasteiger partial charge in [0.15, 0.2) is 0 Å². The molecule has 0 bridgehead atoms. The van der Waals surface area contributed by atoms with Crippen LogP contribution < -0.4 is 4.74 Å². The van der Waals surface area contributed by atoms with Crippen molar-refractivity contribution in [1.29, 1.82) is 5.26 Å². The molecule has 0 heterocycles. The molecule has 1 aliphatic carbocycles. The van der Waals surface area contributed by atoms with Crippen LogP contribution in [-0.2, 0) is 6.42 Å². The van der Waals surface area contributed by atoms with Crippen molar-refractivity contribution in [2.75, 3.05) is 6.61 Å². The van der Waals surface area contributed by atoms with E-state index in [1.54, 1.807) is 0 Å². The van der Waals surface area contributed by atoms with Crippen LogP contribution in [0.15, 0.2) is 48.5 Å². The van der Waals surface area contributed by atoms with Crippen molar-refractivity contribution in [3.63, 3.8) is 0 Å². The first kappa shape index (κ1) is 22.4. The Balaban J connectivity index is 1.52. The molecule has 1 fully saturated rings. The van der Waals surface area contributed by atoms with Crippen LogP contribution in [0.2, 0.25) is 0 Å². The van der Waals surface area contributed by atoms with E-state index in [4.69, 9.17) is 4.74 Å². The summed E-state index contributed by atoms with van der Waals surface area (Å²) in [6.07, 6.45) is 11.5. The minimum absolute atomic E-state index is 0.108. The Morgan fingerprint density at radius 2 is 1.70 bits per heavy atom. The van der Waals surface area contributed by atoms with Crippen LogP contribution in [0.4, 0.5) is 0 Å². The summed E-state index contributed by atoms with van der Waals surface area (Å²) >= 11 is 0. The highest BCUT2D eigenvalue weighted by molar-refractivity contribution is 5.64. The largest absolute Gasteiger partial charge is 0.494 e. The Morgan fingerprint density at radius 3 is 2.33 bits per heavy atom. The van der Waals surface area contributed by atoms with E-state index in [1.807, 2.05) is 0 Å². The summed E-state index contributed by atoms with van der Waals surface area (Å²) in [4.78, 5) is 0. The lowest BCUT2D eigenvalue weighted by atomic mass is 9.68. The molecule has 2 heteroatoms. The molecule has 2 nitrogen and oxygen atoms in total. The maximum absolute atomic E-state index is 9.78. The molecule has 0 spiro atoms. The van der Waals surface area contributed by atoms with Crippen LogP contribution in [0.25, 0.3) is 11.1 Å². The Labute approximate surface area is 183 Å². The van der Waals surface area contributed by atoms with E-state index >= 15 is 0 Å². The summed E-state index contributed by atoms with van der Waals surface area (Å²) in [6, 6.07) is 20.0. The molecule has 0 saturated heterocycles. The molecule has 160 valence electrons. The Bertz CT molecular complexity index is 802. The fraction of sp³-hybridized carbons (Fsp3) is 0.536. The summed E-state index contributed by atoms with van der Waals surface area (Å²) in [5, 5.41) is 9.78. The first-order valence-corrected chi connectivity index (χ1v) is 11.9. The van der Waals surface area contributed by atoms with E-state index in [0.717, 1.165) is 44.5 Å². The van der Waals surface area contributed by atoms with Crippen molar-refractivity contribution in [2.45, 2.75) is 78.1 Å². The maximum Gasteiger partial charge on any atom is 0.119 e. The van der Waals surface area contributed by atoms with Gasteiger partial charge in [-0.25, -0.2) is 0 Å². The van der Waals surface area contributed by atoms with Crippen LogP contribution in [0, 0.1) is 22.7 Å². The average molecular weight is 404 g/mol. The molecule has 2 atom stereocenters. The number of aryl methyl sites for hydroxylation is 1. The monoisotopic (exact) mass is 403 g/mol. The van der Waals surface area contributed by atoms with Gasteiger partial charge < -0.3 is 4.74 Å². The zero-order chi connectivity index (χ0) is 21.2. The van der Waals surface area contributed by atoms with Crippen LogP contribution in [-0.4, -0.2) is 6.61 Å². The summed E-state index contributed by atoms with van der Waals surface area (Å²) in [6.45, 7) is 5.33. The molecule has 0 N–H and O–H groups in total. The maximum atomic E-state index is 9.78. The number of ether oxygens (including phenoxy) is 1. The Hall–Kier alpha value is -2.27. The van der Waals surface area contributed by atoms with Crippen LogP contribution in [0.3, 0.4) is 0 Å². The van der Waals surface area contributed by atoms with Crippen LogP contribution in [0.1, 0.15) is 77.2 Å². The van der Waals surface area contributed by atoms with Crippen molar-refractivity contribution in [2.24, 2.45) is 11.3 Å². The van der Waals surface area contributed by atoms with Crippen molar-refractivity contribution in [3.8, 4) is 22.9 Å². The molecule has 0 aliphatic heterocycles. The van der Waals surface area contributed by atoms with E-state index in [-0.39, 0.29) is 5.41 Å². The van der Waals surface area contributed by atoms with Gasteiger partial charge in [0.05, 0.1) is 18.1 Å². The highest BCUT2D eigenvalue weighted by Gasteiger charge is 2.34. The van der Waals surface area contributed by atoms with Gasteiger partial charge in [-0.3, -0.25) is 0 Å². The van der Waals surface area contributed by atoms with E-state index < -0.39 is 0 Å². The zero-order valence-electron chi connectivity index (χ0n) is 18.8. The van der Waals surface area contributed by atoms with Crippen molar-refractivity contribution < 1.29 is 4.74 Å². The second-order valence-electron chi connectivity index (χ2n) is 9.22. The normalized spacial score (nSPS) is 21.2. The Kier molecular flexibility index (Phi) is 8.38. The van der Waals surface area contributed by atoms with Crippen LogP contribution >= 0.6 is 0 Å². The van der Waals surface area contributed by atoms with E-state index in [9.17, 15) is 5.26 Å². The third-order valence-corrected chi connectivity index (χ3v) is 6.63. The number of hydrogen-bond donors (Lipinski definition) is 0. The summed E-state index contributed by atoms with van der Waals surface area (Å²) in [7, 11) is 0. The van der Waals surface area contributed by atoms with E-state index in [1.165, 1.54) is 48.8 Å². The van der Waals surface area contributed by atoms with E-state index in [0.29, 0.717) is 5.92 Å². The van der Waals surface area contributed by atoms with Crippen molar-refractivity contribution in [3.05, 3.63) is 54.1 Å². The van der Waals surface area contributed by atoms with Gasteiger partial charge in [-0.05, 0) is 66.8 Å². The molecule has 0 amide bonds. The summed E-state index contributed by atoms with van der Waals surface area (Å²) in [5.41, 5.74) is 3.67. The van der Waals surface area contributed by atoms with Gasteiger partial charge in [0, 0.05) is 0 Å². The number of nitriles is 1. The molecule has 1 saturated carbocycles. The lowest BCUT2D eigenvalue weighted by Crippen LogP contribution is -2.26. The first-order valence-electron chi connectivity index (χ1n) is 11.9. The number of rotatable bonds is 10.